The molecule has 1 unspecified atom stereocenters. The van der Waals surface area contributed by atoms with Crippen molar-refractivity contribution in [3.8, 4) is 10.6 Å². The largest absolute Gasteiger partial charge is 0.298 e. The minimum atomic E-state index is -3.88. The Kier molecular flexibility index (Phi) is 6.01. The standard InChI is InChI=1S/C19H19N3O5S4/c1-12-2-7-17(29-12)16-10-28-19(20-16)21-18(23)13-3-5-15(6-4-13)31(26,27)22-14-8-9-30(24,25)11-14/h2-7,10,14,22H,8-9,11H2,1H3,(H,20,21,23). The highest BCUT2D eigenvalue weighted by atomic mass is 32.2. The molecule has 2 aromatic heterocycles. The second-order valence-electron chi connectivity index (χ2n) is 7.15. The number of thiophene rings is 1. The van der Waals surface area contributed by atoms with E-state index in [4.69, 9.17) is 0 Å². The monoisotopic (exact) mass is 497 g/mol. The lowest BCUT2D eigenvalue weighted by Gasteiger charge is -2.12. The van der Waals surface area contributed by atoms with E-state index in [1.54, 1.807) is 11.3 Å². The molecule has 0 bridgehead atoms. The molecule has 1 amide bonds. The van der Waals surface area contributed by atoms with Gasteiger partial charge in [0.15, 0.2) is 15.0 Å². The van der Waals surface area contributed by atoms with Gasteiger partial charge in [0, 0.05) is 21.9 Å². The van der Waals surface area contributed by atoms with Crippen LogP contribution in [0.25, 0.3) is 10.6 Å². The van der Waals surface area contributed by atoms with Crippen LogP contribution < -0.4 is 10.0 Å². The average Bonchev–Trinajstić information content (AvgIpc) is 3.42. The summed E-state index contributed by atoms with van der Waals surface area (Å²) in [5, 5.41) is 5.04. The van der Waals surface area contributed by atoms with E-state index in [2.05, 4.69) is 15.0 Å². The molecule has 31 heavy (non-hydrogen) atoms. The van der Waals surface area contributed by atoms with E-state index < -0.39 is 31.8 Å². The van der Waals surface area contributed by atoms with Crippen LogP contribution in [0, 0.1) is 6.92 Å². The molecule has 0 aliphatic carbocycles. The number of sulfonamides is 1. The molecule has 1 aliphatic heterocycles. The molecule has 0 spiro atoms. The van der Waals surface area contributed by atoms with Gasteiger partial charge in [0.2, 0.25) is 10.0 Å². The van der Waals surface area contributed by atoms with Crippen LogP contribution in [0.2, 0.25) is 0 Å². The highest BCUT2D eigenvalue weighted by molar-refractivity contribution is 7.92. The lowest BCUT2D eigenvalue weighted by Crippen LogP contribution is -2.35. The molecule has 1 saturated heterocycles. The van der Waals surface area contributed by atoms with Gasteiger partial charge in [0.1, 0.15) is 0 Å². The predicted octanol–water partition coefficient (Wildman–Crippen LogP) is 2.90. The number of amides is 1. The van der Waals surface area contributed by atoms with Gasteiger partial charge in [-0.15, -0.1) is 22.7 Å². The number of carbonyl (C=O) groups excluding carboxylic acids is 1. The van der Waals surface area contributed by atoms with Crippen LogP contribution in [0.5, 0.6) is 0 Å². The maximum atomic E-state index is 12.5. The maximum absolute atomic E-state index is 12.5. The highest BCUT2D eigenvalue weighted by Gasteiger charge is 2.31. The molecular formula is C19H19N3O5S4. The van der Waals surface area contributed by atoms with Crippen molar-refractivity contribution in [2.75, 3.05) is 16.8 Å². The van der Waals surface area contributed by atoms with Crippen molar-refractivity contribution in [1.29, 1.82) is 0 Å². The number of benzene rings is 1. The van der Waals surface area contributed by atoms with Crippen LogP contribution in [0.4, 0.5) is 5.13 Å². The smallest absolute Gasteiger partial charge is 0.257 e. The fourth-order valence-corrected chi connectivity index (χ4v) is 7.80. The number of aromatic nitrogens is 1. The Morgan fingerprint density at radius 3 is 2.52 bits per heavy atom. The predicted molar refractivity (Wildman–Crippen MR) is 122 cm³/mol. The van der Waals surface area contributed by atoms with Crippen LogP contribution in [0.15, 0.2) is 46.7 Å². The minimum absolute atomic E-state index is 0.0240. The van der Waals surface area contributed by atoms with E-state index in [-0.39, 0.29) is 28.4 Å². The molecule has 0 radical (unpaired) electrons. The molecule has 3 aromatic rings. The zero-order chi connectivity index (χ0) is 22.2. The van der Waals surface area contributed by atoms with E-state index in [1.165, 1.54) is 40.5 Å². The van der Waals surface area contributed by atoms with Crippen molar-refractivity contribution in [3.63, 3.8) is 0 Å². The van der Waals surface area contributed by atoms with Crippen LogP contribution >= 0.6 is 22.7 Å². The number of aryl methyl sites for hydroxylation is 1. The van der Waals surface area contributed by atoms with Crippen molar-refractivity contribution in [2.24, 2.45) is 0 Å². The summed E-state index contributed by atoms with van der Waals surface area (Å²) in [6.45, 7) is 2.01. The molecule has 12 heteroatoms. The van der Waals surface area contributed by atoms with Crippen molar-refractivity contribution in [3.05, 3.63) is 52.2 Å². The van der Waals surface area contributed by atoms with E-state index in [1.807, 2.05) is 24.4 Å². The Hall–Kier alpha value is -2.12. The lowest BCUT2D eigenvalue weighted by molar-refractivity contribution is 0.102. The van der Waals surface area contributed by atoms with Gasteiger partial charge >= 0.3 is 0 Å². The summed E-state index contributed by atoms with van der Waals surface area (Å²) in [6, 6.07) is 8.82. The third kappa shape index (κ3) is 5.21. The number of rotatable bonds is 6. The average molecular weight is 498 g/mol. The summed E-state index contributed by atoms with van der Waals surface area (Å²) < 4.78 is 50.5. The summed E-state index contributed by atoms with van der Waals surface area (Å²) in [4.78, 5) is 19.1. The van der Waals surface area contributed by atoms with Gasteiger partial charge in [0.05, 0.1) is 27.0 Å². The second kappa shape index (κ2) is 8.43. The third-order valence-corrected chi connectivity index (χ3v) is 9.78. The van der Waals surface area contributed by atoms with Crippen molar-refractivity contribution < 1.29 is 21.6 Å². The Balaban J connectivity index is 1.42. The van der Waals surface area contributed by atoms with E-state index in [9.17, 15) is 21.6 Å². The van der Waals surface area contributed by atoms with Crippen LogP contribution in [-0.4, -0.2) is 45.3 Å². The molecule has 2 N–H and O–H groups in total. The Bertz CT molecular complexity index is 1320. The first-order valence-electron chi connectivity index (χ1n) is 9.28. The van der Waals surface area contributed by atoms with Crippen LogP contribution in [0.3, 0.4) is 0 Å². The van der Waals surface area contributed by atoms with E-state index in [0.717, 1.165) is 10.6 Å². The highest BCUT2D eigenvalue weighted by Crippen LogP contribution is 2.30. The van der Waals surface area contributed by atoms with Gasteiger partial charge < -0.3 is 0 Å². The number of hydrogen-bond donors (Lipinski definition) is 2. The van der Waals surface area contributed by atoms with Gasteiger partial charge in [-0.3, -0.25) is 10.1 Å². The third-order valence-electron chi connectivity index (χ3n) is 4.70. The number of anilines is 1. The molecule has 8 nitrogen and oxygen atoms in total. The molecule has 1 atom stereocenters. The number of nitrogens with zero attached hydrogens (tertiary/aromatic N) is 1. The Morgan fingerprint density at radius 1 is 1.16 bits per heavy atom. The van der Waals surface area contributed by atoms with Gasteiger partial charge in [-0.05, 0) is 49.7 Å². The summed E-state index contributed by atoms with van der Waals surface area (Å²) in [5.41, 5.74) is 1.07. The lowest BCUT2D eigenvalue weighted by atomic mass is 10.2. The molecule has 3 heterocycles. The molecule has 0 saturated carbocycles. The first-order valence-corrected chi connectivity index (χ1v) is 14.3. The normalized spacial score (nSPS) is 18.2. The summed E-state index contributed by atoms with van der Waals surface area (Å²) in [7, 11) is -7.07. The maximum Gasteiger partial charge on any atom is 0.257 e. The first-order chi connectivity index (χ1) is 14.6. The van der Waals surface area contributed by atoms with Crippen LogP contribution in [0.1, 0.15) is 21.7 Å². The molecular weight excluding hydrogens is 478 g/mol. The summed E-state index contributed by atoms with van der Waals surface area (Å²) in [5.74, 6) is -0.626. The number of thiazole rings is 1. The fraction of sp³-hybridized carbons (Fsp3) is 0.263. The Labute approximate surface area is 188 Å². The van der Waals surface area contributed by atoms with Crippen molar-refractivity contribution in [1.82, 2.24) is 9.71 Å². The van der Waals surface area contributed by atoms with Gasteiger partial charge in [-0.2, -0.15) is 0 Å². The van der Waals surface area contributed by atoms with Crippen molar-refractivity contribution in [2.45, 2.75) is 24.3 Å². The number of nitrogens with one attached hydrogen (secondary N) is 2. The SMILES string of the molecule is Cc1ccc(-c2csc(NC(=O)c3ccc(S(=O)(=O)NC4CCS(=O)(=O)C4)cc3)n2)s1. The van der Waals surface area contributed by atoms with Gasteiger partial charge in [-0.1, -0.05) is 0 Å². The number of hydrogen-bond acceptors (Lipinski definition) is 8. The number of carbonyl (C=O) groups is 1. The van der Waals surface area contributed by atoms with Gasteiger partial charge in [-0.25, -0.2) is 26.5 Å². The quantitative estimate of drug-likeness (QED) is 0.540. The molecule has 1 aromatic carbocycles. The molecule has 1 fully saturated rings. The second-order valence-corrected chi connectivity index (χ2v) is 13.2. The van der Waals surface area contributed by atoms with Crippen molar-refractivity contribution >= 4 is 53.6 Å². The molecule has 164 valence electrons. The fourth-order valence-electron chi connectivity index (χ4n) is 3.15. The number of sulfone groups is 1. The van der Waals surface area contributed by atoms with Gasteiger partial charge in [0.25, 0.3) is 5.91 Å². The molecule has 1 aliphatic rings. The summed E-state index contributed by atoms with van der Waals surface area (Å²) >= 11 is 2.93. The minimum Gasteiger partial charge on any atom is -0.298 e. The summed E-state index contributed by atoms with van der Waals surface area (Å²) in [6.07, 6.45) is 0.253. The Morgan fingerprint density at radius 2 is 1.90 bits per heavy atom. The molecule has 4 rings (SSSR count). The zero-order valence-electron chi connectivity index (χ0n) is 16.4. The topological polar surface area (TPSA) is 122 Å². The van der Waals surface area contributed by atoms with Crippen LogP contribution in [-0.2, 0) is 19.9 Å². The van der Waals surface area contributed by atoms with E-state index >= 15 is 0 Å². The first kappa shape index (κ1) is 22.1. The van der Waals surface area contributed by atoms with E-state index in [0.29, 0.717) is 5.13 Å². The zero-order valence-corrected chi connectivity index (χ0v) is 19.6.